The van der Waals surface area contributed by atoms with Crippen molar-refractivity contribution in [3.05, 3.63) is 51.3 Å². The standard InChI is InChI=1S/C20H22Cl2N4O3/c1-12-8-14(13(2)26(12)18-9-15(21)5-6-17(18)22)10-24-25-20(28)19(27)23-11-16-4-3-7-29-16/h5-6,8-10,16H,3-4,7,11H2,1-2H3,(H,23,27)(H,25,28)/b24-10-/t16-/m1/s1. The fourth-order valence-electron chi connectivity index (χ4n) is 3.25. The van der Waals surface area contributed by atoms with Crippen molar-refractivity contribution in [1.82, 2.24) is 15.3 Å². The highest BCUT2D eigenvalue weighted by atomic mass is 35.5. The first-order valence-electron chi connectivity index (χ1n) is 9.24. The number of nitrogens with zero attached hydrogens (tertiary/aromatic N) is 2. The van der Waals surface area contributed by atoms with E-state index >= 15 is 0 Å². The Balaban J connectivity index is 1.64. The molecule has 0 spiro atoms. The number of carbonyl (C=O) groups excluding carboxylic acids is 2. The number of nitrogens with one attached hydrogen (secondary N) is 2. The topological polar surface area (TPSA) is 84.7 Å². The summed E-state index contributed by atoms with van der Waals surface area (Å²) in [7, 11) is 0. The average Bonchev–Trinajstić information content (AvgIpc) is 3.30. The van der Waals surface area contributed by atoms with Gasteiger partial charge >= 0.3 is 11.8 Å². The summed E-state index contributed by atoms with van der Waals surface area (Å²) in [6.45, 7) is 4.84. The lowest BCUT2D eigenvalue weighted by molar-refractivity contribution is -0.139. The molecule has 0 saturated carbocycles. The Bertz CT molecular complexity index is 949. The van der Waals surface area contributed by atoms with Gasteiger partial charge in [-0.2, -0.15) is 5.10 Å². The number of hydrogen-bond donors (Lipinski definition) is 2. The van der Waals surface area contributed by atoms with Crippen molar-refractivity contribution in [2.24, 2.45) is 5.10 Å². The molecule has 154 valence electrons. The van der Waals surface area contributed by atoms with E-state index in [-0.39, 0.29) is 6.10 Å². The predicted octanol–water partition coefficient (Wildman–Crippen LogP) is 3.15. The number of carbonyl (C=O) groups is 2. The van der Waals surface area contributed by atoms with Crippen molar-refractivity contribution in [3.63, 3.8) is 0 Å². The van der Waals surface area contributed by atoms with Gasteiger partial charge in [-0.1, -0.05) is 23.2 Å². The number of aromatic nitrogens is 1. The van der Waals surface area contributed by atoms with E-state index in [1.165, 1.54) is 6.21 Å². The fraction of sp³-hybridized carbons (Fsp3) is 0.350. The zero-order valence-electron chi connectivity index (χ0n) is 16.2. The number of halogens is 2. The molecule has 9 heteroatoms. The molecule has 0 unspecified atom stereocenters. The average molecular weight is 437 g/mol. The van der Waals surface area contributed by atoms with Crippen molar-refractivity contribution in [2.45, 2.75) is 32.8 Å². The van der Waals surface area contributed by atoms with Crippen LogP contribution in [0, 0.1) is 13.8 Å². The van der Waals surface area contributed by atoms with Gasteiger partial charge in [0.1, 0.15) is 0 Å². The second-order valence-corrected chi connectivity index (χ2v) is 7.65. The van der Waals surface area contributed by atoms with E-state index in [0.29, 0.717) is 23.2 Å². The van der Waals surface area contributed by atoms with Gasteiger partial charge in [-0.25, -0.2) is 5.43 Å². The smallest absolute Gasteiger partial charge is 0.329 e. The van der Waals surface area contributed by atoms with Crippen molar-refractivity contribution in [3.8, 4) is 5.69 Å². The minimum Gasteiger partial charge on any atom is -0.376 e. The first-order chi connectivity index (χ1) is 13.9. The first-order valence-corrected chi connectivity index (χ1v) is 9.99. The summed E-state index contributed by atoms with van der Waals surface area (Å²) >= 11 is 12.4. The van der Waals surface area contributed by atoms with Crippen LogP contribution in [-0.2, 0) is 14.3 Å². The van der Waals surface area contributed by atoms with E-state index in [9.17, 15) is 9.59 Å². The maximum Gasteiger partial charge on any atom is 0.329 e. The van der Waals surface area contributed by atoms with Crippen LogP contribution in [0.25, 0.3) is 5.69 Å². The number of rotatable bonds is 5. The van der Waals surface area contributed by atoms with Crippen LogP contribution in [0.5, 0.6) is 0 Å². The third-order valence-electron chi connectivity index (χ3n) is 4.71. The molecule has 1 aliphatic rings. The van der Waals surface area contributed by atoms with Crippen LogP contribution in [0.4, 0.5) is 0 Å². The largest absolute Gasteiger partial charge is 0.376 e. The van der Waals surface area contributed by atoms with E-state index in [2.05, 4.69) is 15.8 Å². The molecular formula is C20H22Cl2N4O3. The van der Waals surface area contributed by atoms with Crippen molar-refractivity contribution in [1.29, 1.82) is 0 Å². The summed E-state index contributed by atoms with van der Waals surface area (Å²) in [6, 6.07) is 7.15. The van der Waals surface area contributed by atoms with Gasteiger partial charge < -0.3 is 14.6 Å². The molecule has 2 N–H and O–H groups in total. The molecule has 0 radical (unpaired) electrons. The van der Waals surface area contributed by atoms with E-state index in [1.54, 1.807) is 18.2 Å². The van der Waals surface area contributed by atoms with Gasteiger partial charge in [-0.15, -0.1) is 0 Å². The molecule has 2 aromatic rings. The summed E-state index contributed by atoms with van der Waals surface area (Å²) in [5, 5.41) is 7.59. The highest BCUT2D eigenvalue weighted by molar-refractivity contribution is 6.35. The summed E-state index contributed by atoms with van der Waals surface area (Å²) in [5.74, 6) is -1.57. The summed E-state index contributed by atoms with van der Waals surface area (Å²) in [6.07, 6.45) is 3.31. The molecule has 2 amide bonds. The predicted molar refractivity (Wildman–Crippen MR) is 113 cm³/mol. The number of ether oxygens (including phenoxy) is 1. The van der Waals surface area contributed by atoms with Gasteiger partial charge in [0, 0.05) is 35.1 Å². The lowest BCUT2D eigenvalue weighted by Crippen LogP contribution is -2.41. The molecule has 3 rings (SSSR count). The molecule has 1 fully saturated rings. The van der Waals surface area contributed by atoms with Crippen LogP contribution < -0.4 is 10.7 Å². The summed E-state index contributed by atoms with van der Waals surface area (Å²) < 4.78 is 7.36. The van der Waals surface area contributed by atoms with Gasteiger partial charge in [0.2, 0.25) is 0 Å². The maximum absolute atomic E-state index is 11.9. The zero-order chi connectivity index (χ0) is 21.0. The minimum absolute atomic E-state index is 0.0287. The Labute approximate surface area is 179 Å². The van der Waals surface area contributed by atoms with Crippen molar-refractivity contribution >= 4 is 41.2 Å². The minimum atomic E-state index is -0.828. The van der Waals surface area contributed by atoms with Crippen molar-refractivity contribution in [2.75, 3.05) is 13.2 Å². The molecule has 1 atom stereocenters. The van der Waals surface area contributed by atoms with Gasteiger partial charge in [0.25, 0.3) is 0 Å². The lowest BCUT2D eigenvalue weighted by Gasteiger charge is -2.12. The molecule has 1 aromatic carbocycles. The van der Waals surface area contributed by atoms with Crippen LogP contribution in [-0.4, -0.2) is 41.9 Å². The summed E-state index contributed by atoms with van der Waals surface area (Å²) in [5.41, 5.74) is 5.57. The van der Waals surface area contributed by atoms with Crippen LogP contribution >= 0.6 is 23.2 Å². The Morgan fingerprint density at radius 1 is 1.28 bits per heavy atom. The first kappa shape index (κ1) is 21.4. The second-order valence-electron chi connectivity index (χ2n) is 6.80. The summed E-state index contributed by atoms with van der Waals surface area (Å²) in [4.78, 5) is 23.7. The quantitative estimate of drug-likeness (QED) is 0.428. The Morgan fingerprint density at radius 3 is 2.79 bits per heavy atom. The molecular weight excluding hydrogens is 415 g/mol. The molecule has 0 aliphatic carbocycles. The number of amides is 2. The Hall–Kier alpha value is -2.35. The van der Waals surface area contributed by atoms with Crippen LogP contribution in [0.2, 0.25) is 10.0 Å². The number of aryl methyl sites for hydroxylation is 1. The number of hydrogen-bond acceptors (Lipinski definition) is 4. The number of hydrazone groups is 1. The molecule has 1 aliphatic heterocycles. The van der Waals surface area contributed by atoms with Gasteiger partial charge in [-0.05, 0) is 51.0 Å². The van der Waals surface area contributed by atoms with Gasteiger partial charge in [0.15, 0.2) is 0 Å². The molecule has 0 bridgehead atoms. The molecule has 1 aromatic heterocycles. The maximum atomic E-state index is 11.9. The Morgan fingerprint density at radius 2 is 2.07 bits per heavy atom. The van der Waals surface area contributed by atoms with E-state index in [0.717, 1.165) is 35.5 Å². The lowest BCUT2D eigenvalue weighted by atomic mass is 10.2. The second kappa shape index (κ2) is 9.43. The van der Waals surface area contributed by atoms with Crippen molar-refractivity contribution < 1.29 is 14.3 Å². The van der Waals surface area contributed by atoms with Crippen LogP contribution in [0.3, 0.4) is 0 Å². The zero-order valence-corrected chi connectivity index (χ0v) is 17.7. The van der Waals surface area contributed by atoms with Gasteiger partial charge in [0.05, 0.1) is 23.0 Å². The molecule has 1 saturated heterocycles. The molecule has 7 nitrogen and oxygen atoms in total. The highest BCUT2D eigenvalue weighted by Crippen LogP contribution is 2.28. The fourth-order valence-corrected chi connectivity index (χ4v) is 3.62. The monoisotopic (exact) mass is 436 g/mol. The number of benzene rings is 1. The Kier molecular flexibility index (Phi) is 6.95. The van der Waals surface area contributed by atoms with E-state index < -0.39 is 11.8 Å². The van der Waals surface area contributed by atoms with Crippen LogP contribution in [0.1, 0.15) is 29.8 Å². The third-order valence-corrected chi connectivity index (χ3v) is 5.26. The molecule has 29 heavy (non-hydrogen) atoms. The van der Waals surface area contributed by atoms with Crippen LogP contribution in [0.15, 0.2) is 29.4 Å². The SMILES string of the molecule is Cc1cc(/C=N\NC(=O)C(=O)NC[C@H]2CCCO2)c(C)n1-c1cc(Cl)ccc1Cl. The third kappa shape index (κ3) is 5.18. The normalized spacial score (nSPS) is 16.3. The highest BCUT2D eigenvalue weighted by Gasteiger charge is 2.19. The van der Waals surface area contributed by atoms with E-state index in [4.69, 9.17) is 27.9 Å². The van der Waals surface area contributed by atoms with Gasteiger partial charge in [-0.3, -0.25) is 9.59 Å². The molecule has 2 heterocycles. The van der Waals surface area contributed by atoms with E-state index in [1.807, 2.05) is 24.5 Å².